The Morgan fingerprint density at radius 3 is 2.48 bits per heavy atom. The largest absolute Gasteiger partial charge is 0.496 e. The number of rotatable bonds is 7. The molecular formula is C18H25NO2. The molecule has 2 unspecified atom stereocenters. The van der Waals surface area contributed by atoms with Gasteiger partial charge in [0.25, 0.3) is 0 Å². The van der Waals surface area contributed by atoms with E-state index in [4.69, 9.17) is 9.84 Å². The molecule has 3 heteroatoms. The van der Waals surface area contributed by atoms with Crippen LogP contribution in [0.3, 0.4) is 0 Å². The van der Waals surface area contributed by atoms with E-state index in [1.807, 2.05) is 12.1 Å². The van der Waals surface area contributed by atoms with Gasteiger partial charge in [0, 0.05) is 24.1 Å². The van der Waals surface area contributed by atoms with Crippen molar-refractivity contribution in [3.05, 3.63) is 42.0 Å². The number of fused-ring (bicyclic) bond motifs is 1. The predicted molar refractivity (Wildman–Crippen MR) is 87.8 cm³/mol. The van der Waals surface area contributed by atoms with E-state index >= 15 is 0 Å². The minimum absolute atomic E-state index is 0.224. The molecular weight excluding hydrogens is 262 g/mol. The summed E-state index contributed by atoms with van der Waals surface area (Å²) < 4.78 is 5.45. The third-order valence-corrected chi connectivity index (χ3v) is 4.06. The highest BCUT2D eigenvalue weighted by Crippen LogP contribution is 2.31. The van der Waals surface area contributed by atoms with Gasteiger partial charge in [0.1, 0.15) is 5.75 Å². The van der Waals surface area contributed by atoms with Crippen LogP contribution in [0.4, 0.5) is 0 Å². The Balaban J connectivity index is 2.33. The van der Waals surface area contributed by atoms with E-state index in [2.05, 4.69) is 43.4 Å². The summed E-state index contributed by atoms with van der Waals surface area (Å²) in [5, 5.41) is 15.1. The van der Waals surface area contributed by atoms with E-state index < -0.39 is 0 Å². The summed E-state index contributed by atoms with van der Waals surface area (Å²) in [5.74, 6) is 0.906. The van der Waals surface area contributed by atoms with Gasteiger partial charge in [0.15, 0.2) is 0 Å². The zero-order valence-corrected chi connectivity index (χ0v) is 13.1. The number of ether oxygens (including phenoxy) is 1. The second kappa shape index (κ2) is 7.43. The Morgan fingerprint density at radius 1 is 1.14 bits per heavy atom. The van der Waals surface area contributed by atoms with Gasteiger partial charge in [-0.1, -0.05) is 37.3 Å². The van der Waals surface area contributed by atoms with Crippen molar-refractivity contribution in [2.24, 2.45) is 0 Å². The highest BCUT2D eigenvalue weighted by atomic mass is 16.5. The Bertz CT molecular complexity index is 582. The number of methoxy groups -OCH3 is 1. The average Bonchev–Trinajstić information content (AvgIpc) is 2.53. The van der Waals surface area contributed by atoms with Gasteiger partial charge in [-0.2, -0.15) is 0 Å². The van der Waals surface area contributed by atoms with E-state index in [0.29, 0.717) is 6.04 Å². The first kappa shape index (κ1) is 15.8. The van der Waals surface area contributed by atoms with Gasteiger partial charge in [-0.3, -0.25) is 0 Å². The Kier molecular flexibility index (Phi) is 5.59. The van der Waals surface area contributed by atoms with Crippen LogP contribution in [0.1, 0.15) is 38.3 Å². The van der Waals surface area contributed by atoms with Crippen molar-refractivity contribution in [1.29, 1.82) is 0 Å². The van der Waals surface area contributed by atoms with Crippen LogP contribution < -0.4 is 10.1 Å². The molecule has 0 radical (unpaired) electrons. The lowest BCUT2D eigenvalue weighted by Crippen LogP contribution is -2.31. The van der Waals surface area contributed by atoms with Crippen LogP contribution >= 0.6 is 0 Å². The summed E-state index contributed by atoms with van der Waals surface area (Å²) in [6, 6.07) is 13.1. The fourth-order valence-corrected chi connectivity index (χ4v) is 2.85. The first-order valence-electron chi connectivity index (χ1n) is 7.63. The molecule has 0 aliphatic heterocycles. The maximum absolute atomic E-state index is 9.13. The molecule has 0 aliphatic carbocycles. The Labute approximate surface area is 126 Å². The summed E-state index contributed by atoms with van der Waals surface area (Å²) in [6.45, 7) is 4.54. The Morgan fingerprint density at radius 2 is 1.86 bits per heavy atom. The molecule has 0 bridgehead atoms. The van der Waals surface area contributed by atoms with Crippen molar-refractivity contribution >= 4 is 10.8 Å². The van der Waals surface area contributed by atoms with Gasteiger partial charge in [-0.15, -0.1) is 0 Å². The third kappa shape index (κ3) is 3.55. The van der Waals surface area contributed by atoms with Crippen LogP contribution in [-0.2, 0) is 0 Å². The summed E-state index contributed by atoms with van der Waals surface area (Å²) in [4.78, 5) is 0. The molecule has 0 aliphatic rings. The Hall–Kier alpha value is -1.58. The number of aliphatic hydroxyl groups is 1. The molecule has 2 aromatic carbocycles. The second-order valence-electron chi connectivity index (χ2n) is 5.41. The number of hydrogen-bond donors (Lipinski definition) is 2. The minimum atomic E-state index is 0.224. The molecule has 0 aromatic heterocycles. The molecule has 2 aromatic rings. The minimum Gasteiger partial charge on any atom is -0.496 e. The lowest BCUT2D eigenvalue weighted by Gasteiger charge is -2.23. The quantitative estimate of drug-likeness (QED) is 0.816. The highest BCUT2D eigenvalue weighted by Gasteiger charge is 2.15. The maximum Gasteiger partial charge on any atom is 0.126 e. The van der Waals surface area contributed by atoms with Crippen molar-refractivity contribution in [2.75, 3.05) is 13.7 Å². The van der Waals surface area contributed by atoms with Crippen molar-refractivity contribution < 1.29 is 9.84 Å². The van der Waals surface area contributed by atoms with Crippen molar-refractivity contribution in [1.82, 2.24) is 5.32 Å². The van der Waals surface area contributed by atoms with Crippen LogP contribution in [0, 0.1) is 0 Å². The van der Waals surface area contributed by atoms with Crippen molar-refractivity contribution in [2.45, 2.75) is 38.8 Å². The smallest absolute Gasteiger partial charge is 0.126 e. The fourth-order valence-electron chi connectivity index (χ4n) is 2.85. The molecule has 0 amide bonds. The summed E-state index contributed by atoms with van der Waals surface area (Å²) in [6.07, 6.45) is 1.80. The van der Waals surface area contributed by atoms with Crippen LogP contribution in [0.5, 0.6) is 5.75 Å². The van der Waals surface area contributed by atoms with Crippen molar-refractivity contribution in [3.63, 3.8) is 0 Å². The first-order chi connectivity index (χ1) is 10.2. The van der Waals surface area contributed by atoms with E-state index in [0.717, 1.165) is 24.0 Å². The highest BCUT2D eigenvalue weighted by molar-refractivity contribution is 5.91. The van der Waals surface area contributed by atoms with Gasteiger partial charge in [-0.05, 0) is 36.8 Å². The SMILES string of the molecule is CCC(CCO)NC(C)c1ccc(OC)c2ccccc12. The molecule has 114 valence electrons. The lowest BCUT2D eigenvalue weighted by molar-refractivity contribution is 0.257. The van der Waals surface area contributed by atoms with Gasteiger partial charge in [-0.25, -0.2) is 0 Å². The first-order valence-corrected chi connectivity index (χ1v) is 7.63. The molecule has 0 saturated heterocycles. The lowest BCUT2D eigenvalue weighted by atomic mass is 9.98. The van der Waals surface area contributed by atoms with Gasteiger partial charge in [0.05, 0.1) is 7.11 Å². The monoisotopic (exact) mass is 287 g/mol. The average molecular weight is 287 g/mol. The van der Waals surface area contributed by atoms with E-state index in [-0.39, 0.29) is 12.6 Å². The zero-order valence-electron chi connectivity index (χ0n) is 13.1. The second-order valence-corrected chi connectivity index (χ2v) is 5.41. The number of benzene rings is 2. The molecule has 0 heterocycles. The normalized spacial score (nSPS) is 14.1. The maximum atomic E-state index is 9.13. The van der Waals surface area contributed by atoms with Gasteiger partial charge < -0.3 is 15.2 Å². The zero-order chi connectivity index (χ0) is 15.2. The standard InChI is InChI=1S/C18H25NO2/c1-4-14(11-12-20)19-13(2)15-9-10-18(21-3)17-8-6-5-7-16(15)17/h5-10,13-14,19-20H,4,11-12H2,1-3H3. The summed E-state index contributed by atoms with van der Waals surface area (Å²) >= 11 is 0. The molecule has 0 fully saturated rings. The molecule has 0 saturated carbocycles. The molecule has 2 rings (SSSR count). The van der Waals surface area contributed by atoms with Crippen molar-refractivity contribution in [3.8, 4) is 5.75 Å². The van der Waals surface area contributed by atoms with Crippen LogP contribution in [0.15, 0.2) is 36.4 Å². The van der Waals surface area contributed by atoms with Crippen LogP contribution in [0.2, 0.25) is 0 Å². The molecule has 2 N–H and O–H groups in total. The summed E-state index contributed by atoms with van der Waals surface area (Å²) in [5.41, 5.74) is 1.27. The molecule has 2 atom stereocenters. The van der Waals surface area contributed by atoms with Crippen LogP contribution in [-0.4, -0.2) is 24.9 Å². The molecule has 21 heavy (non-hydrogen) atoms. The van der Waals surface area contributed by atoms with E-state index in [1.165, 1.54) is 10.9 Å². The predicted octanol–water partition coefficient (Wildman–Crippen LogP) is 3.66. The topological polar surface area (TPSA) is 41.5 Å². The molecule has 3 nitrogen and oxygen atoms in total. The fraction of sp³-hybridized carbons (Fsp3) is 0.444. The van der Waals surface area contributed by atoms with Gasteiger partial charge in [0.2, 0.25) is 0 Å². The third-order valence-electron chi connectivity index (χ3n) is 4.06. The molecule has 0 spiro atoms. The number of hydrogen-bond acceptors (Lipinski definition) is 3. The number of nitrogens with one attached hydrogen (secondary N) is 1. The van der Waals surface area contributed by atoms with Gasteiger partial charge >= 0.3 is 0 Å². The van der Waals surface area contributed by atoms with Crippen LogP contribution in [0.25, 0.3) is 10.8 Å². The van der Waals surface area contributed by atoms with E-state index in [1.54, 1.807) is 7.11 Å². The van der Waals surface area contributed by atoms with E-state index in [9.17, 15) is 0 Å². The summed E-state index contributed by atoms with van der Waals surface area (Å²) in [7, 11) is 1.71. The number of aliphatic hydroxyl groups excluding tert-OH is 1.